The molecule has 0 spiro atoms. The van der Waals surface area contributed by atoms with Gasteiger partial charge in [-0.05, 0) is 44.7 Å². The fraction of sp³-hybridized carbons (Fsp3) is 0.455. The minimum Gasteiger partial charge on any atom is -0.390 e. The molecule has 4 aromatic rings. The molecular weight excluding hydrogens is 463 g/mol. The second-order valence-electron chi connectivity index (χ2n) is 9.51. The number of fused-ring (bicyclic) bond motifs is 4. The Bertz CT molecular complexity index is 1390. The van der Waals surface area contributed by atoms with E-state index in [2.05, 4.69) is 27.1 Å². The van der Waals surface area contributed by atoms with Crippen molar-refractivity contribution in [2.24, 2.45) is 12.8 Å². The van der Waals surface area contributed by atoms with Gasteiger partial charge in [-0.3, -0.25) is 9.78 Å². The van der Waals surface area contributed by atoms with Crippen LogP contribution in [0.3, 0.4) is 0 Å². The fourth-order valence-electron chi connectivity index (χ4n) is 5.63. The SMILES string of the molecule is Cn1nc2ccc(-c3n[nH]c4nc(N5[C@@H]6CC[C@H]5C[C@@](C)(N)C6)c(CO)nc34)c(Cl)c2c1Cl. The summed E-state index contributed by atoms with van der Waals surface area (Å²) in [6.07, 6.45) is 3.92. The minimum atomic E-state index is -0.222. The number of aromatic amines is 1. The van der Waals surface area contributed by atoms with Crippen LogP contribution >= 0.6 is 23.2 Å². The Balaban J connectivity index is 1.48. The van der Waals surface area contributed by atoms with Crippen LogP contribution in [0.4, 0.5) is 5.82 Å². The van der Waals surface area contributed by atoms with Gasteiger partial charge >= 0.3 is 0 Å². The molecular formula is C22H24Cl2N8O. The van der Waals surface area contributed by atoms with Crippen LogP contribution in [-0.4, -0.2) is 52.7 Å². The number of aliphatic hydroxyl groups is 1. The lowest BCUT2D eigenvalue weighted by Crippen LogP contribution is -2.54. The smallest absolute Gasteiger partial charge is 0.177 e. The number of piperidine rings is 1. The van der Waals surface area contributed by atoms with E-state index in [0.717, 1.165) is 25.7 Å². The van der Waals surface area contributed by atoms with E-state index in [-0.39, 0.29) is 12.1 Å². The number of nitrogens with one attached hydrogen (secondary N) is 1. The number of nitrogens with two attached hydrogens (primary N) is 1. The number of rotatable bonds is 3. The zero-order chi connectivity index (χ0) is 23.1. The third kappa shape index (κ3) is 3.13. The molecule has 0 saturated carbocycles. The van der Waals surface area contributed by atoms with Gasteiger partial charge in [0.2, 0.25) is 0 Å². The number of halogens is 2. The van der Waals surface area contributed by atoms with Crippen LogP contribution < -0.4 is 10.6 Å². The summed E-state index contributed by atoms with van der Waals surface area (Å²) in [6.45, 7) is 1.90. The molecule has 9 nitrogen and oxygen atoms in total. The fourth-order valence-corrected chi connectivity index (χ4v) is 6.25. The predicted molar refractivity (Wildman–Crippen MR) is 128 cm³/mol. The summed E-state index contributed by atoms with van der Waals surface area (Å²) in [5.74, 6) is 0.708. The van der Waals surface area contributed by atoms with Gasteiger partial charge in [-0.25, -0.2) is 9.97 Å². The second kappa shape index (κ2) is 7.27. The predicted octanol–water partition coefficient (Wildman–Crippen LogP) is 3.55. The van der Waals surface area contributed by atoms with Crippen LogP contribution in [0.2, 0.25) is 10.2 Å². The van der Waals surface area contributed by atoms with E-state index in [9.17, 15) is 5.11 Å². The third-order valence-corrected chi connectivity index (χ3v) is 7.81. The van der Waals surface area contributed by atoms with Crippen molar-refractivity contribution < 1.29 is 5.11 Å². The quantitative estimate of drug-likeness (QED) is 0.404. The second-order valence-corrected chi connectivity index (χ2v) is 10.2. The molecule has 172 valence electrons. The van der Waals surface area contributed by atoms with Crippen LogP contribution in [-0.2, 0) is 13.7 Å². The molecule has 2 fully saturated rings. The van der Waals surface area contributed by atoms with Crippen molar-refractivity contribution >= 4 is 51.1 Å². The van der Waals surface area contributed by atoms with Crippen LogP contribution in [0.1, 0.15) is 38.3 Å². The zero-order valence-electron chi connectivity index (χ0n) is 18.3. The van der Waals surface area contributed by atoms with Crippen molar-refractivity contribution in [3.05, 3.63) is 28.0 Å². The van der Waals surface area contributed by atoms with Crippen LogP contribution in [0.15, 0.2) is 12.1 Å². The summed E-state index contributed by atoms with van der Waals surface area (Å²) in [4.78, 5) is 12.0. The molecule has 33 heavy (non-hydrogen) atoms. The third-order valence-electron chi connectivity index (χ3n) is 6.99. The van der Waals surface area contributed by atoms with Crippen molar-refractivity contribution in [2.75, 3.05) is 4.90 Å². The average Bonchev–Trinajstić information content (AvgIpc) is 3.40. The Labute approximate surface area is 199 Å². The molecule has 0 unspecified atom stereocenters. The highest BCUT2D eigenvalue weighted by atomic mass is 35.5. The molecule has 11 heteroatoms. The average molecular weight is 487 g/mol. The molecule has 2 aliphatic rings. The maximum Gasteiger partial charge on any atom is 0.177 e. The molecule has 1 aromatic carbocycles. The van der Waals surface area contributed by atoms with Crippen molar-refractivity contribution in [1.29, 1.82) is 0 Å². The molecule has 0 radical (unpaired) electrons. The van der Waals surface area contributed by atoms with Gasteiger partial charge < -0.3 is 15.7 Å². The summed E-state index contributed by atoms with van der Waals surface area (Å²) < 4.78 is 1.58. The topological polar surface area (TPSA) is 122 Å². The van der Waals surface area contributed by atoms with Gasteiger partial charge in [0, 0.05) is 30.2 Å². The molecule has 0 amide bonds. The van der Waals surface area contributed by atoms with Crippen molar-refractivity contribution in [1.82, 2.24) is 29.9 Å². The largest absolute Gasteiger partial charge is 0.390 e. The first-order valence-corrected chi connectivity index (χ1v) is 11.8. The molecule has 6 rings (SSSR count). The Morgan fingerprint density at radius 2 is 1.94 bits per heavy atom. The minimum absolute atomic E-state index is 0.177. The number of H-pyrrole nitrogens is 1. The number of aliphatic hydroxyl groups excluding tert-OH is 1. The molecule has 0 aliphatic carbocycles. The van der Waals surface area contributed by atoms with E-state index in [1.54, 1.807) is 11.7 Å². The molecule has 3 atom stereocenters. The van der Waals surface area contributed by atoms with Crippen LogP contribution in [0.5, 0.6) is 0 Å². The highest BCUT2D eigenvalue weighted by molar-refractivity contribution is 6.43. The summed E-state index contributed by atoms with van der Waals surface area (Å²) in [6, 6.07) is 4.29. The van der Waals surface area contributed by atoms with Gasteiger partial charge in [-0.1, -0.05) is 23.2 Å². The van der Waals surface area contributed by atoms with E-state index in [4.69, 9.17) is 38.9 Å². The summed E-state index contributed by atoms with van der Waals surface area (Å²) in [5.41, 5.74) is 9.86. The summed E-state index contributed by atoms with van der Waals surface area (Å²) >= 11 is 13.2. The Morgan fingerprint density at radius 3 is 2.64 bits per heavy atom. The molecule has 2 saturated heterocycles. The zero-order valence-corrected chi connectivity index (χ0v) is 19.8. The van der Waals surface area contributed by atoms with Crippen molar-refractivity contribution in [2.45, 2.75) is 56.8 Å². The number of hydrogen-bond donors (Lipinski definition) is 3. The lowest BCUT2D eigenvalue weighted by molar-refractivity contribution is 0.273. The van der Waals surface area contributed by atoms with E-state index in [1.165, 1.54) is 0 Å². The highest BCUT2D eigenvalue weighted by Crippen LogP contribution is 2.44. The van der Waals surface area contributed by atoms with Crippen molar-refractivity contribution in [3.63, 3.8) is 0 Å². The van der Waals surface area contributed by atoms with E-state index in [0.29, 0.717) is 67.1 Å². The van der Waals surface area contributed by atoms with Crippen LogP contribution in [0, 0.1) is 0 Å². The molecule has 4 N–H and O–H groups in total. The molecule has 2 bridgehead atoms. The van der Waals surface area contributed by atoms with Gasteiger partial charge in [0.1, 0.15) is 22.1 Å². The normalized spacial score (nSPS) is 25.0. The van der Waals surface area contributed by atoms with Crippen molar-refractivity contribution in [3.8, 4) is 11.3 Å². The number of benzene rings is 1. The monoisotopic (exact) mass is 486 g/mol. The molecule has 5 heterocycles. The lowest BCUT2D eigenvalue weighted by Gasteiger charge is -2.44. The van der Waals surface area contributed by atoms with E-state index < -0.39 is 0 Å². The maximum atomic E-state index is 10.2. The number of anilines is 1. The standard InChI is InChI=1S/C22H24Cl2N8O/c1-22(25)7-10-3-4-11(8-22)32(10)21-14(9-33)26-18-17(28-29-20(18)27-21)12-5-6-13-15(16(12)23)19(24)31(2)30-13/h5-6,10-11,33H,3-4,7-9,25H2,1-2H3,(H,27,28,29)/t10-,11+,22+. The number of hydrogen-bond acceptors (Lipinski definition) is 7. The van der Waals surface area contributed by atoms with Gasteiger partial charge in [0.05, 0.1) is 22.5 Å². The highest BCUT2D eigenvalue weighted by Gasteiger charge is 2.45. The first-order valence-electron chi connectivity index (χ1n) is 11.0. The number of aryl methyl sites for hydroxylation is 1. The Morgan fingerprint density at radius 1 is 1.21 bits per heavy atom. The maximum absolute atomic E-state index is 10.2. The van der Waals surface area contributed by atoms with Gasteiger partial charge in [-0.15, -0.1) is 0 Å². The van der Waals surface area contributed by atoms with Gasteiger partial charge in [0.15, 0.2) is 11.5 Å². The number of aromatic nitrogens is 6. The first kappa shape index (κ1) is 21.1. The summed E-state index contributed by atoms with van der Waals surface area (Å²) in [7, 11) is 1.77. The molecule has 3 aromatic heterocycles. The lowest BCUT2D eigenvalue weighted by atomic mass is 9.85. The molecule has 2 aliphatic heterocycles. The Kier molecular flexibility index (Phi) is 4.65. The van der Waals surface area contributed by atoms with Gasteiger partial charge in [-0.2, -0.15) is 10.2 Å². The van der Waals surface area contributed by atoms with Crippen LogP contribution in [0.25, 0.3) is 33.3 Å². The number of nitrogens with zero attached hydrogens (tertiary/aromatic N) is 6. The van der Waals surface area contributed by atoms with E-state index in [1.807, 2.05) is 12.1 Å². The van der Waals surface area contributed by atoms with Gasteiger partial charge in [0.25, 0.3) is 0 Å². The first-order chi connectivity index (χ1) is 15.8. The Hall–Kier alpha value is -2.46. The van der Waals surface area contributed by atoms with E-state index >= 15 is 0 Å². The summed E-state index contributed by atoms with van der Waals surface area (Å²) in [5, 5.41) is 23.6.